The number of nitrogens with zero attached hydrogens (tertiary/aromatic N) is 3. The maximum atomic E-state index is 12.7. The highest BCUT2D eigenvalue weighted by molar-refractivity contribution is 5.66. The molecule has 15 heavy (non-hydrogen) atoms. The molecule has 0 amide bonds. The van der Waals surface area contributed by atoms with Crippen molar-refractivity contribution in [1.29, 1.82) is 0 Å². The quantitative estimate of drug-likeness (QED) is 0.766. The van der Waals surface area contributed by atoms with Gasteiger partial charge in [-0.1, -0.05) is 0 Å². The van der Waals surface area contributed by atoms with Crippen molar-refractivity contribution in [2.75, 3.05) is 17.4 Å². The second-order valence-electron chi connectivity index (χ2n) is 2.95. The molecule has 2 heterocycles. The molecule has 0 bridgehead atoms. The molecule has 1 aromatic rings. The van der Waals surface area contributed by atoms with Gasteiger partial charge in [0.25, 0.3) is 6.43 Å². The van der Waals surface area contributed by atoms with Crippen molar-refractivity contribution in [1.82, 2.24) is 10.4 Å². The summed E-state index contributed by atoms with van der Waals surface area (Å²) in [6.45, 7) is 0.495. The second kappa shape index (κ2) is 3.77. The number of aromatic nitrogens is 1. The van der Waals surface area contributed by atoms with E-state index in [0.29, 0.717) is 6.54 Å². The highest BCUT2D eigenvalue weighted by Crippen LogP contribution is 2.29. The fourth-order valence-electron chi connectivity index (χ4n) is 1.25. The Hall–Kier alpha value is -1.76. The van der Waals surface area contributed by atoms with Gasteiger partial charge in [-0.25, -0.2) is 19.2 Å². The van der Waals surface area contributed by atoms with Crippen molar-refractivity contribution in [2.24, 2.45) is 5.10 Å². The minimum atomic E-state index is -2.63. The average Bonchev–Trinajstić information content (AvgIpc) is 2.70. The van der Waals surface area contributed by atoms with Crippen molar-refractivity contribution in [3.05, 3.63) is 17.8 Å². The summed E-state index contributed by atoms with van der Waals surface area (Å²) in [5.41, 5.74) is 8.12. The third-order valence-corrected chi connectivity index (χ3v) is 1.88. The molecule has 7 heteroatoms. The molecular weight excluding hydrogens is 204 g/mol. The number of halogens is 2. The van der Waals surface area contributed by atoms with E-state index in [1.54, 1.807) is 6.21 Å². The first kappa shape index (κ1) is 9.78. The largest absolute Gasteiger partial charge is 0.397 e. The standard InChI is InChI=1S/C8H9F2N5/c9-7(10)6-3-5(11)4-12-8(6)15-13-1-2-14-15/h1,3-4,7,14H,2,11H2. The third kappa shape index (κ3) is 1.86. The molecule has 80 valence electrons. The highest BCUT2D eigenvalue weighted by atomic mass is 19.3. The van der Waals surface area contributed by atoms with Crippen LogP contribution in [0.3, 0.4) is 0 Å². The van der Waals surface area contributed by atoms with E-state index in [9.17, 15) is 8.78 Å². The lowest BCUT2D eigenvalue weighted by Gasteiger charge is -2.16. The van der Waals surface area contributed by atoms with Crippen LogP contribution in [0.2, 0.25) is 0 Å². The van der Waals surface area contributed by atoms with Gasteiger partial charge in [0, 0.05) is 6.21 Å². The number of alkyl halides is 2. The second-order valence-corrected chi connectivity index (χ2v) is 2.95. The summed E-state index contributed by atoms with van der Waals surface area (Å²) in [5.74, 6) is 0.0768. The molecule has 0 unspecified atom stereocenters. The van der Waals surface area contributed by atoms with Crippen LogP contribution in [0.25, 0.3) is 0 Å². The van der Waals surface area contributed by atoms with Crippen molar-refractivity contribution in [3.8, 4) is 0 Å². The Balaban J connectivity index is 2.40. The molecular formula is C8H9F2N5. The summed E-state index contributed by atoms with van der Waals surface area (Å²) < 4.78 is 25.3. The molecule has 0 fully saturated rings. The van der Waals surface area contributed by atoms with Crippen LogP contribution in [0.4, 0.5) is 20.3 Å². The Morgan fingerprint density at radius 2 is 2.33 bits per heavy atom. The molecule has 3 N–H and O–H groups in total. The lowest BCUT2D eigenvalue weighted by molar-refractivity contribution is 0.151. The number of hydrogen-bond donors (Lipinski definition) is 2. The topological polar surface area (TPSA) is 66.5 Å². The molecule has 1 aliphatic rings. The molecule has 0 aliphatic carbocycles. The number of nitrogens with one attached hydrogen (secondary N) is 1. The van der Waals surface area contributed by atoms with Gasteiger partial charge in [0.2, 0.25) is 0 Å². The van der Waals surface area contributed by atoms with E-state index in [-0.39, 0.29) is 17.1 Å². The number of pyridine rings is 1. The summed E-state index contributed by atoms with van der Waals surface area (Å²) >= 11 is 0. The van der Waals surface area contributed by atoms with Gasteiger partial charge < -0.3 is 5.73 Å². The maximum absolute atomic E-state index is 12.7. The molecule has 0 saturated carbocycles. The molecule has 0 atom stereocenters. The minimum Gasteiger partial charge on any atom is -0.397 e. The van der Waals surface area contributed by atoms with E-state index < -0.39 is 6.43 Å². The van der Waals surface area contributed by atoms with Gasteiger partial charge in [-0.05, 0) is 6.07 Å². The van der Waals surface area contributed by atoms with Gasteiger partial charge in [0.05, 0.1) is 24.0 Å². The van der Waals surface area contributed by atoms with Crippen LogP contribution in [0, 0.1) is 0 Å². The van der Waals surface area contributed by atoms with Crippen molar-refractivity contribution >= 4 is 17.7 Å². The number of nitrogen functional groups attached to an aromatic ring is 1. The zero-order chi connectivity index (χ0) is 10.8. The van der Waals surface area contributed by atoms with Crippen LogP contribution in [0.1, 0.15) is 12.0 Å². The van der Waals surface area contributed by atoms with E-state index in [0.717, 1.165) is 0 Å². The Morgan fingerprint density at radius 3 is 2.93 bits per heavy atom. The Bertz CT molecular complexity index is 393. The van der Waals surface area contributed by atoms with E-state index in [1.807, 2.05) is 0 Å². The highest BCUT2D eigenvalue weighted by Gasteiger charge is 2.20. The Kier molecular flexibility index (Phi) is 2.46. The normalized spacial score (nSPS) is 15.3. The number of hydrogen-bond acceptors (Lipinski definition) is 5. The smallest absolute Gasteiger partial charge is 0.267 e. The molecule has 1 aliphatic heterocycles. The zero-order valence-corrected chi connectivity index (χ0v) is 7.69. The summed E-state index contributed by atoms with van der Waals surface area (Å²) in [4.78, 5) is 3.83. The van der Waals surface area contributed by atoms with Crippen LogP contribution in [-0.2, 0) is 0 Å². The number of hydrazone groups is 1. The van der Waals surface area contributed by atoms with E-state index in [1.165, 1.54) is 17.4 Å². The molecule has 0 radical (unpaired) electrons. The molecule has 0 aromatic carbocycles. The van der Waals surface area contributed by atoms with Gasteiger partial charge in [-0.3, -0.25) is 0 Å². The van der Waals surface area contributed by atoms with E-state index in [2.05, 4.69) is 15.5 Å². The van der Waals surface area contributed by atoms with Gasteiger partial charge in [-0.2, -0.15) is 10.2 Å². The summed E-state index contributed by atoms with van der Waals surface area (Å²) in [5, 5.41) is 5.05. The van der Waals surface area contributed by atoms with Gasteiger partial charge >= 0.3 is 0 Å². The lowest BCUT2D eigenvalue weighted by Crippen LogP contribution is -2.30. The maximum Gasteiger partial charge on any atom is 0.267 e. The predicted molar refractivity (Wildman–Crippen MR) is 52.6 cm³/mol. The van der Waals surface area contributed by atoms with Crippen LogP contribution in [-0.4, -0.2) is 17.7 Å². The number of anilines is 2. The van der Waals surface area contributed by atoms with E-state index >= 15 is 0 Å². The fourth-order valence-corrected chi connectivity index (χ4v) is 1.25. The first-order chi connectivity index (χ1) is 7.18. The van der Waals surface area contributed by atoms with Crippen LogP contribution >= 0.6 is 0 Å². The summed E-state index contributed by atoms with van der Waals surface area (Å²) in [6, 6.07) is 1.20. The van der Waals surface area contributed by atoms with Crippen molar-refractivity contribution in [2.45, 2.75) is 6.43 Å². The fraction of sp³-hybridized carbons (Fsp3) is 0.250. The van der Waals surface area contributed by atoms with Crippen LogP contribution < -0.4 is 16.3 Å². The minimum absolute atomic E-state index is 0.0768. The van der Waals surface area contributed by atoms with Crippen LogP contribution in [0.15, 0.2) is 17.4 Å². The summed E-state index contributed by atoms with van der Waals surface area (Å²) in [7, 11) is 0. The monoisotopic (exact) mass is 213 g/mol. The van der Waals surface area contributed by atoms with E-state index in [4.69, 9.17) is 5.73 Å². The molecule has 5 nitrogen and oxygen atoms in total. The Morgan fingerprint density at radius 1 is 1.53 bits per heavy atom. The first-order valence-corrected chi connectivity index (χ1v) is 4.28. The zero-order valence-electron chi connectivity index (χ0n) is 7.69. The predicted octanol–water partition coefficient (Wildman–Crippen LogP) is 0.912. The SMILES string of the molecule is Nc1cnc(N2N=CCN2)c(C(F)F)c1. The molecule has 2 rings (SSSR count). The number of rotatable bonds is 2. The van der Waals surface area contributed by atoms with Gasteiger partial charge in [0.1, 0.15) is 0 Å². The van der Waals surface area contributed by atoms with Crippen molar-refractivity contribution < 1.29 is 8.78 Å². The lowest BCUT2D eigenvalue weighted by atomic mass is 10.2. The van der Waals surface area contributed by atoms with Gasteiger partial charge in [0.15, 0.2) is 5.82 Å². The number of hydrazine groups is 1. The Labute approximate surface area is 84.6 Å². The molecule has 0 spiro atoms. The average molecular weight is 213 g/mol. The number of nitrogens with two attached hydrogens (primary N) is 1. The molecule has 1 aromatic heterocycles. The molecule has 0 saturated heterocycles. The first-order valence-electron chi connectivity index (χ1n) is 4.28. The van der Waals surface area contributed by atoms with Crippen LogP contribution in [0.5, 0.6) is 0 Å². The van der Waals surface area contributed by atoms with Crippen molar-refractivity contribution in [3.63, 3.8) is 0 Å². The third-order valence-electron chi connectivity index (χ3n) is 1.88. The summed E-state index contributed by atoms with van der Waals surface area (Å²) in [6.07, 6.45) is 0.248. The van der Waals surface area contributed by atoms with Gasteiger partial charge in [-0.15, -0.1) is 0 Å².